The molecule has 0 spiro atoms. The van der Waals surface area contributed by atoms with Crippen molar-refractivity contribution < 1.29 is 4.74 Å². The zero-order valence-electron chi connectivity index (χ0n) is 8.86. The van der Waals surface area contributed by atoms with Crippen molar-refractivity contribution in [1.82, 2.24) is 0 Å². The second-order valence-corrected chi connectivity index (χ2v) is 4.43. The fraction of sp³-hybridized carbons (Fsp3) is 0.385. The van der Waals surface area contributed by atoms with Crippen LogP contribution in [0.5, 0.6) is 0 Å². The Balaban J connectivity index is 2.23. The number of allylic oxidation sites excluding steroid dienone is 1. The average Bonchev–Trinajstić information content (AvgIpc) is 2.29. The summed E-state index contributed by atoms with van der Waals surface area (Å²) < 4.78 is 6.80. The molecule has 2 heteroatoms. The van der Waals surface area contributed by atoms with Crippen molar-refractivity contribution in [1.29, 1.82) is 0 Å². The minimum Gasteiger partial charge on any atom is -0.376 e. The van der Waals surface area contributed by atoms with Gasteiger partial charge in [0.05, 0.1) is 13.2 Å². The Morgan fingerprint density at radius 1 is 1.33 bits per heavy atom. The fourth-order valence-electron chi connectivity index (χ4n) is 1.33. The van der Waals surface area contributed by atoms with Gasteiger partial charge >= 0.3 is 0 Å². The summed E-state index contributed by atoms with van der Waals surface area (Å²) in [6, 6.07) is 10.3. The van der Waals surface area contributed by atoms with Crippen LogP contribution in [0.4, 0.5) is 0 Å². The zero-order valence-corrected chi connectivity index (χ0v) is 11.0. The van der Waals surface area contributed by atoms with Crippen LogP contribution in [0.3, 0.4) is 0 Å². The van der Waals surface area contributed by atoms with Crippen LogP contribution in [-0.4, -0.2) is 11.0 Å². The van der Waals surface area contributed by atoms with E-state index in [0.717, 1.165) is 17.5 Å². The number of hydrogen-bond donors (Lipinski definition) is 0. The molecule has 0 aliphatic heterocycles. The quantitative estimate of drug-likeness (QED) is 0.422. The lowest BCUT2D eigenvalue weighted by Gasteiger charge is -2.12. The normalized spacial score (nSPS) is 12.3. The van der Waals surface area contributed by atoms with Crippen LogP contribution in [0.1, 0.15) is 12.0 Å². The summed E-state index contributed by atoms with van der Waals surface area (Å²) in [7, 11) is 0. The highest BCUT2D eigenvalue weighted by Crippen LogP contribution is 2.10. The van der Waals surface area contributed by atoms with E-state index in [1.807, 2.05) is 24.3 Å². The van der Waals surface area contributed by atoms with Gasteiger partial charge in [-0.15, -0.1) is 6.58 Å². The van der Waals surface area contributed by atoms with Crippen molar-refractivity contribution in [3.05, 3.63) is 48.6 Å². The number of alkyl halides is 1. The van der Waals surface area contributed by atoms with Gasteiger partial charge in [-0.1, -0.05) is 59.0 Å². The molecular formula is C13H17IO. The summed E-state index contributed by atoms with van der Waals surface area (Å²) in [6.45, 7) is 5.29. The lowest BCUT2D eigenvalue weighted by molar-refractivity contribution is 0.0949. The van der Waals surface area contributed by atoms with Crippen LogP contribution >= 0.6 is 22.6 Å². The Hall–Kier alpha value is -0.350. The Labute approximate surface area is 106 Å². The van der Waals surface area contributed by atoms with Gasteiger partial charge in [-0.3, -0.25) is 0 Å². The molecule has 1 aromatic carbocycles. The van der Waals surface area contributed by atoms with Crippen molar-refractivity contribution in [3.63, 3.8) is 0 Å². The molecule has 0 heterocycles. The SMILES string of the molecule is C=CC[C@@H](CI)COCc1ccccc1. The van der Waals surface area contributed by atoms with Gasteiger partial charge in [0.15, 0.2) is 0 Å². The minimum absolute atomic E-state index is 0.604. The maximum Gasteiger partial charge on any atom is 0.0717 e. The van der Waals surface area contributed by atoms with Crippen LogP contribution in [0.2, 0.25) is 0 Å². The minimum atomic E-state index is 0.604. The van der Waals surface area contributed by atoms with Crippen LogP contribution in [0, 0.1) is 5.92 Å². The third-order valence-corrected chi connectivity index (χ3v) is 3.43. The molecule has 0 saturated carbocycles. The Morgan fingerprint density at radius 3 is 2.67 bits per heavy atom. The van der Waals surface area contributed by atoms with Gasteiger partial charge in [-0.25, -0.2) is 0 Å². The van der Waals surface area contributed by atoms with Gasteiger partial charge in [0.1, 0.15) is 0 Å². The topological polar surface area (TPSA) is 9.23 Å². The van der Waals surface area contributed by atoms with Gasteiger partial charge in [-0.2, -0.15) is 0 Å². The van der Waals surface area contributed by atoms with E-state index in [4.69, 9.17) is 4.74 Å². The Morgan fingerprint density at radius 2 is 2.07 bits per heavy atom. The summed E-state index contributed by atoms with van der Waals surface area (Å²) >= 11 is 2.40. The third-order valence-electron chi connectivity index (χ3n) is 2.18. The summed E-state index contributed by atoms with van der Waals surface area (Å²) in [6.07, 6.45) is 3.01. The molecule has 1 aromatic rings. The number of halogens is 1. The Bertz CT molecular complexity index is 271. The summed E-state index contributed by atoms with van der Waals surface area (Å²) in [4.78, 5) is 0. The molecule has 0 aromatic heterocycles. The lowest BCUT2D eigenvalue weighted by atomic mass is 10.1. The van der Waals surface area contributed by atoms with E-state index in [1.54, 1.807) is 0 Å². The standard InChI is InChI=1S/C13H17IO/c1-2-6-13(9-14)11-15-10-12-7-4-3-5-8-12/h2-5,7-8,13H,1,6,9-11H2/t13-/m0/s1. The molecular weight excluding hydrogens is 299 g/mol. The van der Waals surface area contributed by atoms with Crippen molar-refractivity contribution in [2.45, 2.75) is 13.0 Å². The van der Waals surface area contributed by atoms with Crippen molar-refractivity contribution in [2.75, 3.05) is 11.0 Å². The predicted molar refractivity (Wildman–Crippen MR) is 73.3 cm³/mol. The smallest absolute Gasteiger partial charge is 0.0717 e. The van der Waals surface area contributed by atoms with E-state index in [-0.39, 0.29) is 0 Å². The first-order valence-corrected chi connectivity index (χ1v) is 6.68. The van der Waals surface area contributed by atoms with E-state index in [9.17, 15) is 0 Å². The van der Waals surface area contributed by atoms with E-state index >= 15 is 0 Å². The largest absolute Gasteiger partial charge is 0.376 e. The highest BCUT2D eigenvalue weighted by atomic mass is 127. The summed E-state index contributed by atoms with van der Waals surface area (Å²) in [5, 5.41) is 0. The number of benzene rings is 1. The zero-order chi connectivity index (χ0) is 10.9. The van der Waals surface area contributed by atoms with Crippen molar-refractivity contribution in [3.8, 4) is 0 Å². The molecule has 0 aliphatic rings. The molecule has 1 rings (SSSR count). The van der Waals surface area contributed by atoms with E-state index in [1.165, 1.54) is 5.56 Å². The molecule has 0 aliphatic carbocycles. The van der Waals surface area contributed by atoms with Gasteiger partial charge in [-0.05, 0) is 17.9 Å². The third kappa shape index (κ3) is 5.33. The molecule has 0 radical (unpaired) electrons. The van der Waals surface area contributed by atoms with E-state index < -0.39 is 0 Å². The molecule has 0 unspecified atom stereocenters. The second-order valence-electron chi connectivity index (χ2n) is 3.55. The van der Waals surface area contributed by atoms with Crippen molar-refractivity contribution >= 4 is 22.6 Å². The summed E-state index contributed by atoms with van der Waals surface area (Å²) in [5.41, 5.74) is 1.24. The molecule has 0 saturated heterocycles. The number of rotatable bonds is 7. The van der Waals surface area contributed by atoms with Gasteiger partial charge in [0.2, 0.25) is 0 Å². The number of hydrogen-bond acceptors (Lipinski definition) is 1. The fourth-order valence-corrected chi connectivity index (χ4v) is 1.94. The molecule has 0 N–H and O–H groups in total. The highest BCUT2D eigenvalue weighted by molar-refractivity contribution is 14.1. The van der Waals surface area contributed by atoms with Crippen molar-refractivity contribution in [2.24, 2.45) is 5.92 Å². The van der Waals surface area contributed by atoms with E-state index in [2.05, 4.69) is 41.3 Å². The first-order valence-electron chi connectivity index (χ1n) is 5.15. The van der Waals surface area contributed by atoms with Gasteiger partial charge in [0.25, 0.3) is 0 Å². The monoisotopic (exact) mass is 316 g/mol. The van der Waals surface area contributed by atoms with Crippen LogP contribution in [0.25, 0.3) is 0 Å². The molecule has 0 fully saturated rings. The summed E-state index contributed by atoms with van der Waals surface area (Å²) in [5.74, 6) is 0.604. The second kappa shape index (κ2) is 7.88. The van der Waals surface area contributed by atoms with Gasteiger partial charge in [0, 0.05) is 4.43 Å². The highest BCUT2D eigenvalue weighted by Gasteiger charge is 2.04. The van der Waals surface area contributed by atoms with Gasteiger partial charge < -0.3 is 4.74 Å². The van der Waals surface area contributed by atoms with Crippen LogP contribution < -0.4 is 0 Å². The number of ether oxygens (including phenoxy) is 1. The van der Waals surface area contributed by atoms with Crippen LogP contribution in [0.15, 0.2) is 43.0 Å². The predicted octanol–water partition coefficient (Wildman–Crippen LogP) is 3.83. The Kier molecular flexibility index (Phi) is 6.68. The molecule has 0 bridgehead atoms. The molecule has 0 amide bonds. The molecule has 15 heavy (non-hydrogen) atoms. The average molecular weight is 316 g/mol. The molecule has 1 nitrogen and oxygen atoms in total. The molecule has 82 valence electrons. The molecule has 1 atom stereocenters. The maximum atomic E-state index is 5.67. The lowest BCUT2D eigenvalue weighted by Crippen LogP contribution is -2.10. The first kappa shape index (κ1) is 12.7. The van der Waals surface area contributed by atoms with E-state index in [0.29, 0.717) is 12.5 Å². The van der Waals surface area contributed by atoms with Crippen LogP contribution in [-0.2, 0) is 11.3 Å². The first-order chi connectivity index (χ1) is 7.36. The maximum absolute atomic E-state index is 5.67.